The molecule has 1 amide bonds. The van der Waals surface area contributed by atoms with Crippen LogP contribution in [0.3, 0.4) is 0 Å². The predicted octanol–water partition coefficient (Wildman–Crippen LogP) is 5.62. The smallest absolute Gasteiger partial charge is 0.266 e. The molecule has 1 aromatic heterocycles. The molecule has 0 atom stereocenters. The van der Waals surface area contributed by atoms with Crippen LogP contribution in [0.25, 0.3) is 23.0 Å². The first kappa shape index (κ1) is 28.8. The van der Waals surface area contributed by atoms with E-state index in [0.29, 0.717) is 57.4 Å². The minimum Gasteiger partial charge on any atom is -0.379 e. The van der Waals surface area contributed by atoms with E-state index in [9.17, 15) is 13.2 Å². The fourth-order valence-corrected chi connectivity index (χ4v) is 7.64. The lowest BCUT2D eigenvalue weighted by atomic mass is 10.1. The number of hydrogen-bond donors (Lipinski definition) is 0. The van der Waals surface area contributed by atoms with Crippen molar-refractivity contribution in [1.29, 1.82) is 0 Å². The van der Waals surface area contributed by atoms with E-state index in [1.165, 1.54) is 21.0 Å². The molecule has 0 unspecified atom stereocenters. The van der Waals surface area contributed by atoms with Gasteiger partial charge in [0.05, 0.1) is 35.2 Å². The average molecular weight is 637 g/mol. The fraction of sp³-hybridized carbons (Fsp3) is 0.167. The molecule has 4 aromatic rings. The largest absolute Gasteiger partial charge is 0.379 e. The third-order valence-electron chi connectivity index (χ3n) is 6.93. The highest BCUT2D eigenvalue weighted by Crippen LogP contribution is 2.36. The molecular formula is C30H25ClN4O4S3. The summed E-state index contributed by atoms with van der Waals surface area (Å²) in [5, 5.41) is 5.39. The molecule has 6 rings (SSSR count). The number of thiocarbonyl (C=S) groups is 1. The topological polar surface area (TPSA) is 84.7 Å². The van der Waals surface area contributed by atoms with Gasteiger partial charge in [0.15, 0.2) is 0 Å². The van der Waals surface area contributed by atoms with Crippen LogP contribution in [-0.4, -0.2) is 63.9 Å². The Bertz CT molecular complexity index is 1800. The molecule has 0 radical (unpaired) electrons. The summed E-state index contributed by atoms with van der Waals surface area (Å²) in [5.41, 5.74) is 3.42. The van der Waals surface area contributed by atoms with Gasteiger partial charge in [0.2, 0.25) is 10.0 Å². The van der Waals surface area contributed by atoms with Crippen molar-refractivity contribution >= 4 is 61.9 Å². The van der Waals surface area contributed by atoms with E-state index in [4.69, 9.17) is 33.7 Å². The summed E-state index contributed by atoms with van der Waals surface area (Å²) in [6, 6.07) is 23.7. The van der Waals surface area contributed by atoms with Crippen molar-refractivity contribution in [3.63, 3.8) is 0 Å². The number of sulfonamides is 1. The first-order valence-corrected chi connectivity index (χ1v) is 16.2. The quantitative estimate of drug-likeness (QED) is 0.192. The Hall–Kier alpha value is -3.32. The maximum atomic E-state index is 13.5. The highest BCUT2D eigenvalue weighted by Gasteiger charge is 2.33. The van der Waals surface area contributed by atoms with Gasteiger partial charge in [0.1, 0.15) is 10.0 Å². The molecule has 0 spiro atoms. The van der Waals surface area contributed by atoms with Crippen LogP contribution in [-0.2, 0) is 26.1 Å². The number of amides is 1. The molecule has 2 fully saturated rings. The molecule has 42 heavy (non-hydrogen) atoms. The molecule has 3 heterocycles. The maximum absolute atomic E-state index is 13.5. The number of hydrogen-bond acceptors (Lipinski definition) is 7. The second kappa shape index (κ2) is 12.1. The Morgan fingerprint density at radius 3 is 2.50 bits per heavy atom. The Morgan fingerprint density at radius 1 is 1.00 bits per heavy atom. The van der Waals surface area contributed by atoms with Crippen molar-refractivity contribution in [1.82, 2.24) is 19.0 Å². The molecule has 0 bridgehead atoms. The summed E-state index contributed by atoms with van der Waals surface area (Å²) in [5.74, 6) is -0.230. The van der Waals surface area contributed by atoms with E-state index >= 15 is 0 Å². The molecule has 0 N–H and O–H groups in total. The van der Waals surface area contributed by atoms with Crippen molar-refractivity contribution in [3.8, 4) is 16.9 Å². The zero-order valence-corrected chi connectivity index (χ0v) is 25.4. The first-order chi connectivity index (χ1) is 20.3. The zero-order chi connectivity index (χ0) is 29.3. The third kappa shape index (κ3) is 5.81. The van der Waals surface area contributed by atoms with E-state index in [2.05, 4.69) is 0 Å². The van der Waals surface area contributed by atoms with E-state index in [-0.39, 0.29) is 17.3 Å². The molecule has 214 valence electrons. The number of para-hydroxylation sites is 1. The van der Waals surface area contributed by atoms with Gasteiger partial charge in [-0.15, -0.1) is 0 Å². The average Bonchev–Trinajstić information content (AvgIpc) is 3.55. The van der Waals surface area contributed by atoms with Crippen LogP contribution in [0.2, 0.25) is 5.02 Å². The summed E-state index contributed by atoms with van der Waals surface area (Å²) in [6.45, 7) is 1.59. The summed E-state index contributed by atoms with van der Waals surface area (Å²) in [6.07, 6.45) is 3.59. The van der Waals surface area contributed by atoms with Crippen LogP contribution in [0.5, 0.6) is 0 Å². The van der Waals surface area contributed by atoms with E-state index < -0.39 is 10.0 Å². The summed E-state index contributed by atoms with van der Waals surface area (Å²) < 4.78 is 35.7. The molecule has 8 nitrogen and oxygen atoms in total. The predicted molar refractivity (Wildman–Crippen MR) is 169 cm³/mol. The number of morpholine rings is 1. The van der Waals surface area contributed by atoms with Crippen LogP contribution >= 0.6 is 35.6 Å². The number of halogens is 1. The lowest BCUT2D eigenvalue weighted by molar-refractivity contribution is -0.122. The molecule has 2 saturated heterocycles. The minimum absolute atomic E-state index is 0.174. The monoisotopic (exact) mass is 636 g/mol. The molecule has 2 aliphatic heterocycles. The van der Waals surface area contributed by atoms with E-state index in [0.717, 1.165) is 11.3 Å². The van der Waals surface area contributed by atoms with E-state index in [1.807, 2.05) is 60.8 Å². The van der Waals surface area contributed by atoms with Crippen molar-refractivity contribution in [2.75, 3.05) is 26.3 Å². The Kier molecular flexibility index (Phi) is 8.30. The number of rotatable bonds is 7. The number of ether oxygens (including phenoxy) is 1. The van der Waals surface area contributed by atoms with Crippen molar-refractivity contribution < 1.29 is 17.9 Å². The SMILES string of the molecule is O=C1/C(=C/c2cn(-c3ccccc3)nc2-c2cccc(S(=O)(=O)N3CCOCC3)c2)SC(=S)N1Cc1ccccc1Cl. The first-order valence-electron chi connectivity index (χ1n) is 13.1. The standard InChI is InChI=1S/C30H25ClN4O4S3/c31-26-12-5-4-7-22(26)19-34-29(36)27(41-30(34)40)18-23-20-35(24-9-2-1-3-10-24)32-28(23)21-8-6-11-25(17-21)42(37,38)33-13-15-39-16-14-33/h1-12,17-18,20H,13-16,19H2/b27-18-. The fourth-order valence-electron chi connectivity index (χ4n) is 4.74. The Morgan fingerprint density at radius 2 is 1.74 bits per heavy atom. The van der Waals surface area contributed by atoms with Crippen molar-refractivity contribution in [3.05, 3.63) is 106 Å². The summed E-state index contributed by atoms with van der Waals surface area (Å²) in [4.78, 5) is 15.7. The highest BCUT2D eigenvalue weighted by molar-refractivity contribution is 8.26. The van der Waals surface area contributed by atoms with Crippen LogP contribution < -0.4 is 0 Å². The zero-order valence-electron chi connectivity index (χ0n) is 22.2. The van der Waals surface area contributed by atoms with Gasteiger partial charge in [-0.3, -0.25) is 9.69 Å². The molecule has 3 aromatic carbocycles. The lowest BCUT2D eigenvalue weighted by Gasteiger charge is -2.26. The summed E-state index contributed by atoms with van der Waals surface area (Å²) >= 11 is 13.1. The molecule has 0 saturated carbocycles. The molecule has 2 aliphatic rings. The van der Waals surface area contributed by atoms with Crippen molar-refractivity contribution in [2.24, 2.45) is 0 Å². The Balaban J connectivity index is 1.39. The van der Waals surface area contributed by atoms with Crippen LogP contribution in [0.1, 0.15) is 11.1 Å². The van der Waals surface area contributed by atoms with Gasteiger partial charge in [0, 0.05) is 35.4 Å². The second-order valence-corrected chi connectivity index (χ2v) is 13.6. The Labute approximate surface area is 258 Å². The number of nitrogens with zero attached hydrogens (tertiary/aromatic N) is 4. The van der Waals surface area contributed by atoms with Crippen LogP contribution in [0.4, 0.5) is 0 Å². The van der Waals surface area contributed by atoms with Gasteiger partial charge in [-0.1, -0.05) is 84.1 Å². The maximum Gasteiger partial charge on any atom is 0.266 e. The number of thioether (sulfide) groups is 1. The number of benzene rings is 3. The van der Waals surface area contributed by atoms with Crippen LogP contribution in [0, 0.1) is 0 Å². The lowest BCUT2D eigenvalue weighted by Crippen LogP contribution is -2.40. The van der Waals surface area contributed by atoms with Gasteiger partial charge >= 0.3 is 0 Å². The molecule has 0 aliphatic carbocycles. The number of carbonyl (C=O) groups excluding carboxylic acids is 1. The van der Waals surface area contributed by atoms with Gasteiger partial charge in [-0.25, -0.2) is 13.1 Å². The van der Waals surface area contributed by atoms with Gasteiger partial charge in [0.25, 0.3) is 5.91 Å². The number of carbonyl (C=O) groups is 1. The minimum atomic E-state index is -3.72. The van der Waals surface area contributed by atoms with Crippen molar-refractivity contribution in [2.45, 2.75) is 11.4 Å². The van der Waals surface area contributed by atoms with Gasteiger partial charge < -0.3 is 4.74 Å². The third-order valence-corrected chi connectivity index (χ3v) is 10.6. The van der Waals surface area contributed by atoms with Gasteiger partial charge in [-0.2, -0.15) is 9.40 Å². The van der Waals surface area contributed by atoms with Crippen LogP contribution in [0.15, 0.2) is 94.9 Å². The van der Waals surface area contributed by atoms with E-state index in [1.54, 1.807) is 35.0 Å². The second-order valence-electron chi connectivity index (χ2n) is 9.62. The molecular weight excluding hydrogens is 612 g/mol. The normalized spacial score (nSPS) is 17.4. The number of aromatic nitrogens is 2. The summed E-state index contributed by atoms with van der Waals surface area (Å²) in [7, 11) is -3.72. The van der Waals surface area contributed by atoms with Gasteiger partial charge in [-0.05, 0) is 42.0 Å². The molecule has 12 heteroatoms. The highest BCUT2D eigenvalue weighted by atomic mass is 35.5.